The van der Waals surface area contributed by atoms with Crippen LogP contribution >= 0.6 is 0 Å². The van der Waals surface area contributed by atoms with E-state index in [4.69, 9.17) is 9.88 Å². The first kappa shape index (κ1) is 14.7. The Kier molecular flexibility index (Phi) is 3.96. The number of nitrogens with two attached hydrogens (primary N) is 1. The van der Waals surface area contributed by atoms with Crippen molar-refractivity contribution in [3.8, 4) is 5.75 Å². The lowest BCUT2D eigenvalue weighted by Gasteiger charge is -2.08. The Bertz CT molecular complexity index is 726. The normalized spacial score (nSPS) is 12.2. The highest BCUT2D eigenvalue weighted by Gasteiger charge is 2.23. The molecule has 0 bridgehead atoms. The van der Waals surface area contributed by atoms with Crippen molar-refractivity contribution < 1.29 is 21.9 Å². The van der Waals surface area contributed by atoms with Crippen LogP contribution < -0.4 is 9.88 Å². The summed E-state index contributed by atoms with van der Waals surface area (Å²) in [6.07, 6.45) is 1.54. The molecular weight excluding hydrogens is 290 g/mol. The second kappa shape index (κ2) is 5.37. The number of benzene rings is 1. The number of rotatable bonds is 5. The maximum atomic E-state index is 13.0. The van der Waals surface area contributed by atoms with Crippen molar-refractivity contribution >= 4 is 20.9 Å². The second-order valence-corrected chi connectivity index (χ2v) is 5.75. The van der Waals surface area contributed by atoms with Crippen LogP contribution in [-0.2, 0) is 10.0 Å². The third-order valence-electron chi connectivity index (χ3n) is 2.76. The second-order valence-electron chi connectivity index (χ2n) is 4.22. The van der Waals surface area contributed by atoms with E-state index in [-0.39, 0.29) is 21.5 Å². The average molecular weight is 304 g/mol. The fraction of sp³-hybridized carbons (Fsp3) is 0.333. The molecule has 0 fully saturated rings. The summed E-state index contributed by atoms with van der Waals surface area (Å²) in [5.41, 5.74) is 0.0672. The lowest BCUT2D eigenvalue weighted by atomic mass is 10.2. The maximum absolute atomic E-state index is 13.0. The minimum atomic E-state index is -4.12. The van der Waals surface area contributed by atoms with Gasteiger partial charge in [0.25, 0.3) is 0 Å². The van der Waals surface area contributed by atoms with Gasteiger partial charge in [0.1, 0.15) is 10.6 Å². The third-order valence-corrected chi connectivity index (χ3v) is 3.69. The molecule has 0 saturated heterocycles. The van der Waals surface area contributed by atoms with Crippen molar-refractivity contribution in [3.63, 3.8) is 0 Å². The molecule has 1 aromatic heterocycles. The predicted molar refractivity (Wildman–Crippen MR) is 70.4 cm³/mol. The molecular formula is C12H14F2N2O3S. The van der Waals surface area contributed by atoms with E-state index >= 15 is 0 Å². The molecule has 0 radical (unpaired) electrons. The molecule has 0 aliphatic carbocycles. The quantitative estimate of drug-likeness (QED) is 0.922. The Morgan fingerprint density at radius 2 is 2.10 bits per heavy atom. The van der Waals surface area contributed by atoms with Crippen LogP contribution in [0.5, 0.6) is 5.75 Å². The SMILES string of the molecule is CCCOc1cccc2c1c(S(N)(=O)=O)cn2C(F)F. The Balaban J connectivity index is 2.77. The highest BCUT2D eigenvalue weighted by atomic mass is 32.2. The van der Waals surface area contributed by atoms with E-state index in [1.165, 1.54) is 18.2 Å². The molecule has 0 atom stereocenters. The van der Waals surface area contributed by atoms with Gasteiger partial charge in [-0.2, -0.15) is 8.78 Å². The van der Waals surface area contributed by atoms with Crippen molar-refractivity contribution in [2.75, 3.05) is 6.61 Å². The van der Waals surface area contributed by atoms with Crippen molar-refractivity contribution in [2.24, 2.45) is 5.14 Å². The van der Waals surface area contributed by atoms with E-state index in [1.54, 1.807) is 0 Å². The summed E-state index contributed by atoms with van der Waals surface area (Å²) in [6, 6.07) is 4.45. The summed E-state index contributed by atoms with van der Waals surface area (Å²) in [4.78, 5) is -0.362. The standard InChI is InChI=1S/C12H14F2N2O3S/c1-2-6-19-9-5-3-4-8-11(9)10(20(15,17)18)7-16(8)12(13)14/h3-5,7,12H,2,6H2,1H3,(H2,15,17,18). The van der Waals surface area contributed by atoms with Gasteiger partial charge in [0.15, 0.2) is 0 Å². The van der Waals surface area contributed by atoms with Gasteiger partial charge in [-0.15, -0.1) is 0 Å². The Hall–Kier alpha value is -1.67. The van der Waals surface area contributed by atoms with Gasteiger partial charge in [-0.05, 0) is 18.6 Å². The number of fused-ring (bicyclic) bond motifs is 1. The van der Waals surface area contributed by atoms with Gasteiger partial charge in [0, 0.05) is 6.20 Å². The van der Waals surface area contributed by atoms with Crippen molar-refractivity contribution in [1.82, 2.24) is 4.57 Å². The van der Waals surface area contributed by atoms with Crippen LogP contribution in [0.2, 0.25) is 0 Å². The lowest BCUT2D eigenvalue weighted by Crippen LogP contribution is -2.12. The monoisotopic (exact) mass is 304 g/mol. The van der Waals surface area contributed by atoms with Crippen molar-refractivity contribution in [2.45, 2.75) is 24.8 Å². The molecule has 0 unspecified atom stereocenters. The van der Waals surface area contributed by atoms with Crippen LogP contribution in [0.4, 0.5) is 8.78 Å². The molecule has 0 aliphatic rings. The van der Waals surface area contributed by atoms with Crippen LogP contribution in [0.1, 0.15) is 19.9 Å². The number of primary sulfonamides is 1. The van der Waals surface area contributed by atoms with Crippen LogP contribution in [0, 0.1) is 0 Å². The van der Waals surface area contributed by atoms with Crippen molar-refractivity contribution in [3.05, 3.63) is 24.4 Å². The molecule has 0 saturated carbocycles. The first-order valence-electron chi connectivity index (χ1n) is 5.93. The maximum Gasteiger partial charge on any atom is 0.319 e. The van der Waals surface area contributed by atoms with Crippen LogP contribution in [0.25, 0.3) is 10.9 Å². The number of alkyl halides is 2. The molecule has 1 heterocycles. The Labute approximate surface area is 115 Å². The molecule has 1 aromatic carbocycles. The molecule has 2 N–H and O–H groups in total. The summed E-state index contributed by atoms with van der Waals surface area (Å²) in [6.45, 7) is -0.636. The van der Waals surface area contributed by atoms with E-state index in [0.29, 0.717) is 17.6 Å². The zero-order valence-electron chi connectivity index (χ0n) is 10.7. The minimum absolute atomic E-state index is 0.0672. The number of ether oxygens (including phenoxy) is 1. The number of aromatic nitrogens is 1. The molecule has 2 rings (SSSR count). The Morgan fingerprint density at radius 3 is 2.65 bits per heavy atom. The third kappa shape index (κ3) is 2.61. The highest BCUT2D eigenvalue weighted by molar-refractivity contribution is 7.89. The smallest absolute Gasteiger partial charge is 0.319 e. The van der Waals surface area contributed by atoms with E-state index in [2.05, 4.69) is 0 Å². The molecule has 0 aliphatic heterocycles. The van der Waals surface area contributed by atoms with E-state index in [0.717, 1.165) is 6.20 Å². The fourth-order valence-electron chi connectivity index (χ4n) is 1.95. The summed E-state index contributed by atoms with van der Waals surface area (Å²) >= 11 is 0. The van der Waals surface area contributed by atoms with Gasteiger partial charge in [-0.1, -0.05) is 13.0 Å². The first-order chi connectivity index (χ1) is 9.36. The van der Waals surface area contributed by atoms with Crippen molar-refractivity contribution in [1.29, 1.82) is 0 Å². The molecule has 5 nitrogen and oxygen atoms in total. The van der Waals surface area contributed by atoms with Gasteiger partial charge >= 0.3 is 6.55 Å². The number of halogens is 2. The predicted octanol–water partition coefficient (Wildman–Crippen LogP) is 2.47. The highest BCUT2D eigenvalue weighted by Crippen LogP contribution is 2.35. The summed E-state index contributed by atoms with van der Waals surface area (Å²) in [5, 5.41) is 5.18. The number of hydrogen-bond donors (Lipinski definition) is 1. The lowest BCUT2D eigenvalue weighted by molar-refractivity contribution is 0.0748. The zero-order valence-corrected chi connectivity index (χ0v) is 11.5. The summed E-state index contributed by atoms with van der Waals surface area (Å²) in [7, 11) is -4.12. The largest absolute Gasteiger partial charge is 0.493 e. The molecule has 0 amide bonds. The minimum Gasteiger partial charge on any atom is -0.493 e. The molecule has 0 spiro atoms. The molecule has 20 heavy (non-hydrogen) atoms. The molecule has 2 aromatic rings. The topological polar surface area (TPSA) is 74.3 Å². The van der Waals surface area contributed by atoms with Crippen LogP contribution in [-0.4, -0.2) is 19.6 Å². The number of hydrogen-bond acceptors (Lipinski definition) is 3. The average Bonchev–Trinajstić information content (AvgIpc) is 2.76. The number of sulfonamides is 1. The summed E-state index contributed by atoms with van der Waals surface area (Å²) < 4.78 is 55.1. The summed E-state index contributed by atoms with van der Waals surface area (Å²) in [5.74, 6) is 0.229. The van der Waals surface area contributed by atoms with E-state index in [1.807, 2.05) is 6.92 Å². The molecule has 8 heteroatoms. The van der Waals surface area contributed by atoms with Gasteiger partial charge in [0.2, 0.25) is 10.0 Å². The zero-order chi connectivity index (χ0) is 14.9. The van der Waals surface area contributed by atoms with Crippen LogP contribution in [0.15, 0.2) is 29.3 Å². The first-order valence-corrected chi connectivity index (χ1v) is 7.48. The molecule has 110 valence electrons. The van der Waals surface area contributed by atoms with E-state index < -0.39 is 16.6 Å². The van der Waals surface area contributed by atoms with Crippen LogP contribution in [0.3, 0.4) is 0 Å². The fourth-order valence-corrected chi connectivity index (χ4v) is 2.70. The Morgan fingerprint density at radius 1 is 1.40 bits per heavy atom. The van der Waals surface area contributed by atoms with Gasteiger partial charge in [-0.25, -0.2) is 13.6 Å². The number of nitrogens with zero attached hydrogens (tertiary/aromatic N) is 1. The van der Waals surface area contributed by atoms with E-state index in [9.17, 15) is 17.2 Å². The van der Waals surface area contributed by atoms with Gasteiger partial charge in [-0.3, -0.25) is 4.57 Å². The van der Waals surface area contributed by atoms with Gasteiger partial charge in [0.05, 0.1) is 17.5 Å². The van der Waals surface area contributed by atoms with Gasteiger partial charge < -0.3 is 4.74 Å².